The number of halogens is 2. The molecule has 1 saturated heterocycles. The predicted octanol–water partition coefficient (Wildman–Crippen LogP) is 4.52. The summed E-state index contributed by atoms with van der Waals surface area (Å²) in [6.45, 7) is 2.57. The number of nitrogens with zero attached hydrogens (tertiary/aromatic N) is 2. The van der Waals surface area contributed by atoms with E-state index in [9.17, 15) is 9.59 Å². The molecule has 0 unspecified atom stereocenters. The summed E-state index contributed by atoms with van der Waals surface area (Å²) in [5.74, 6) is 0.197. The van der Waals surface area contributed by atoms with Crippen LogP contribution in [0.2, 0.25) is 5.02 Å². The Morgan fingerprint density at radius 2 is 1.74 bits per heavy atom. The molecule has 0 aromatic heterocycles. The zero-order valence-corrected chi connectivity index (χ0v) is 20.9. The minimum Gasteiger partial charge on any atom is -0.490 e. The first kappa shape index (κ1) is 23.5. The first-order valence-corrected chi connectivity index (χ1v) is 11.2. The second-order valence-electron chi connectivity index (χ2n) is 6.71. The maximum Gasteiger partial charge on any atom is 0.265 e. The van der Waals surface area contributed by atoms with E-state index in [4.69, 9.17) is 33.3 Å². The summed E-state index contributed by atoms with van der Waals surface area (Å²) >= 11 is 13.5. The van der Waals surface area contributed by atoms with Crippen molar-refractivity contribution < 1.29 is 19.1 Å². The monoisotopic (exact) mass is 570 g/mol. The second-order valence-corrected chi connectivity index (χ2v) is 8.65. The van der Waals surface area contributed by atoms with Crippen molar-refractivity contribution >= 4 is 69.4 Å². The quantitative estimate of drug-likeness (QED) is 0.221. The standard InChI is InChI=1S/C22H20ClIN2O4S/c1-4-29-18-11-13(9-15-20(27)25(2)22(31)26(3)21(15)28)10-17(24)19(18)30-12-14-7-5-6-8-16(14)23/h5-11H,4,12H2,1-3H3. The minimum absolute atomic E-state index is 0.0292. The van der Waals surface area contributed by atoms with Crippen LogP contribution >= 0.6 is 46.4 Å². The molecule has 0 aliphatic carbocycles. The first-order valence-electron chi connectivity index (χ1n) is 9.38. The van der Waals surface area contributed by atoms with Gasteiger partial charge in [-0.25, -0.2) is 0 Å². The molecule has 0 saturated carbocycles. The van der Waals surface area contributed by atoms with Gasteiger partial charge < -0.3 is 9.47 Å². The summed E-state index contributed by atoms with van der Waals surface area (Å²) in [7, 11) is 3.09. The van der Waals surface area contributed by atoms with E-state index in [0.29, 0.717) is 28.7 Å². The van der Waals surface area contributed by atoms with E-state index in [2.05, 4.69) is 22.6 Å². The van der Waals surface area contributed by atoms with E-state index in [1.807, 2.05) is 37.3 Å². The van der Waals surface area contributed by atoms with Crippen molar-refractivity contribution in [3.05, 3.63) is 61.7 Å². The van der Waals surface area contributed by atoms with Crippen molar-refractivity contribution in [2.45, 2.75) is 13.5 Å². The summed E-state index contributed by atoms with van der Waals surface area (Å²) in [4.78, 5) is 27.8. The van der Waals surface area contributed by atoms with Gasteiger partial charge in [0.1, 0.15) is 12.2 Å². The largest absolute Gasteiger partial charge is 0.490 e. The first-order chi connectivity index (χ1) is 14.7. The van der Waals surface area contributed by atoms with E-state index in [1.165, 1.54) is 9.80 Å². The second kappa shape index (κ2) is 9.97. The van der Waals surface area contributed by atoms with Gasteiger partial charge in [0.2, 0.25) is 0 Å². The lowest BCUT2D eigenvalue weighted by Gasteiger charge is -2.31. The van der Waals surface area contributed by atoms with Crippen LogP contribution in [0.25, 0.3) is 6.08 Å². The van der Waals surface area contributed by atoms with Crippen molar-refractivity contribution in [3.63, 3.8) is 0 Å². The highest BCUT2D eigenvalue weighted by Crippen LogP contribution is 2.36. The number of benzene rings is 2. The third kappa shape index (κ3) is 5.02. The average Bonchev–Trinajstić information content (AvgIpc) is 2.75. The van der Waals surface area contributed by atoms with Gasteiger partial charge in [0.25, 0.3) is 11.8 Å². The van der Waals surface area contributed by atoms with Gasteiger partial charge in [0.15, 0.2) is 16.6 Å². The summed E-state index contributed by atoms with van der Waals surface area (Å²) in [6, 6.07) is 11.0. The molecule has 0 bridgehead atoms. The van der Waals surface area contributed by atoms with Gasteiger partial charge in [-0.15, -0.1) is 0 Å². The SMILES string of the molecule is CCOc1cc(C=C2C(=O)N(C)C(=S)N(C)C2=O)cc(I)c1OCc1ccccc1Cl. The average molecular weight is 571 g/mol. The molecule has 0 N–H and O–H groups in total. The Bertz CT molecular complexity index is 1060. The van der Waals surface area contributed by atoms with E-state index >= 15 is 0 Å². The van der Waals surface area contributed by atoms with Gasteiger partial charge in [0.05, 0.1) is 10.2 Å². The van der Waals surface area contributed by atoms with Crippen molar-refractivity contribution in [2.75, 3.05) is 20.7 Å². The fourth-order valence-corrected chi connectivity index (χ4v) is 4.12. The van der Waals surface area contributed by atoms with Crippen LogP contribution in [0.5, 0.6) is 11.5 Å². The van der Waals surface area contributed by atoms with Gasteiger partial charge in [-0.05, 0) is 71.6 Å². The van der Waals surface area contributed by atoms with Crippen LogP contribution in [0, 0.1) is 3.57 Å². The Kier molecular flexibility index (Phi) is 7.55. The van der Waals surface area contributed by atoms with E-state index in [0.717, 1.165) is 9.13 Å². The number of ether oxygens (including phenoxy) is 2. The number of rotatable bonds is 6. The smallest absolute Gasteiger partial charge is 0.265 e. The van der Waals surface area contributed by atoms with Crippen LogP contribution in [0.4, 0.5) is 0 Å². The molecule has 0 spiro atoms. The summed E-state index contributed by atoms with van der Waals surface area (Å²) in [5.41, 5.74) is 1.53. The number of carbonyl (C=O) groups excluding carboxylic acids is 2. The molecule has 9 heteroatoms. The Labute approximate surface area is 204 Å². The number of likely N-dealkylation sites (N-methyl/N-ethyl adjacent to an activating group) is 2. The zero-order chi connectivity index (χ0) is 22.7. The molecule has 1 fully saturated rings. The summed E-state index contributed by atoms with van der Waals surface area (Å²) in [6.07, 6.45) is 1.54. The van der Waals surface area contributed by atoms with Gasteiger partial charge in [-0.1, -0.05) is 29.8 Å². The minimum atomic E-state index is -0.444. The molecule has 0 radical (unpaired) electrons. The Balaban J connectivity index is 1.95. The van der Waals surface area contributed by atoms with Crippen LogP contribution in [0.1, 0.15) is 18.1 Å². The van der Waals surface area contributed by atoms with Gasteiger partial charge >= 0.3 is 0 Å². The molecule has 0 atom stereocenters. The summed E-state index contributed by atoms with van der Waals surface area (Å²) < 4.78 is 12.6. The molecule has 2 aromatic rings. The van der Waals surface area contributed by atoms with Gasteiger partial charge in [0, 0.05) is 24.7 Å². The fraction of sp³-hybridized carbons (Fsp3) is 0.227. The Hall–Kier alpha value is -2.17. The molecular weight excluding hydrogens is 551 g/mol. The van der Waals surface area contributed by atoms with Gasteiger partial charge in [-0.2, -0.15) is 0 Å². The third-order valence-corrected chi connectivity index (χ3v) is 6.33. The number of hydrogen-bond donors (Lipinski definition) is 0. The fourth-order valence-electron chi connectivity index (χ4n) is 2.98. The summed E-state index contributed by atoms with van der Waals surface area (Å²) in [5, 5.41) is 0.789. The Morgan fingerprint density at radius 3 is 2.35 bits per heavy atom. The molecule has 162 valence electrons. The van der Waals surface area contributed by atoms with Crippen LogP contribution in [-0.2, 0) is 16.2 Å². The topological polar surface area (TPSA) is 59.1 Å². The highest BCUT2D eigenvalue weighted by molar-refractivity contribution is 14.1. The highest BCUT2D eigenvalue weighted by Gasteiger charge is 2.35. The number of carbonyl (C=O) groups is 2. The number of thiocarbonyl (C=S) groups is 1. The van der Waals surface area contributed by atoms with Crippen LogP contribution in [-0.4, -0.2) is 47.4 Å². The third-order valence-electron chi connectivity index (χ3n) is 4.62. The van der Waals surface area contributed by atoms with E-state index in [1.54, 1.807) is 26.2 Å². The Morgan fingerprint density at radius 1 is 1.10 bits per heavy atom. The van der Waals surface area contributed by atoms with Crippen LogP contribution in [0.15, 0.2) is 42.0 Å². The number of amides is 2. The molecule has 2 aromatic carbocycles. The predicted molar refractivity (Wildman–Crippen MR) is 132 cm³/mol. The molecular formula is C22H20ClIN2O4S. The maximum absolute atomic E-state index is 12.6. The molecule has 2 amide bonds. The highest BCUT2D eigenvalue weighted by atomic mass is 127. The lowest BCUT2D eigenvalue weighted by atomic mass is 10.1. The van der Waals surface area contributed by atoms with Crippen molar-refractivity contribution in [1.82, 2.24) is 9.80 Å². The maximum atomic E-state index is 12.6. The molecule has 6 nitrogen and oxygen atoms in total. The molecule has 1 aliphatic rings. The van der Waals surface area contributed by atoms with Crippen molar-refractivity contribution in [1.29, 1.82) is 0 Å². The van der Waals surface area contributed by atoms with E-state index in [-0.39, 0.29) is 17.3 Å². The van der Waals surface area contributed by atoms with E-state index < -0.39 is 11.8 Å². The lowest BCUT2D eigenvalue weighted by Crippen LogP contribution is -2.52. The molecule has 3 rings (SSSR count). The molecule has 1 heterocycles. The normalized spacial score (nSPS) is 14.2. The number of hydrogen-bond acceptors (Lipinski definition) is 5. The lowest BCUT2D eigenvalue weighted by molar-refractivity contribution is -0.132. The van der Waals surface area contributed by atoms with Crippen LogP contribution in [0.3, 0.4) is 0 Å². The zero-order valence-electron chi connectivity index (χ0n) is 17.1. The van der Waals surface area contributed by atoms with Crippen LogP contribution < -0.4 is 9.47 Å². The molecule has 31 heavy (non-hydrogen) atoms. The van der Waals surface area contributed by atoms with Gasteiger partial charge in [-0.3, -0.25) is 19.4 Å². The van der Waals surface area contributed by atoms with Crippen molar-refractivity contribution in [3.8, 4) is 11.5 Å². The molecule has 1 aliphatic heterocycles. The van der Waals surface area contributed by atoms with Crippen molar-refractivity contribution in [2.24, 2.45) is 0 Å².